The topological polar surface area (TPSA) is 12.0 Å². The van der Waals surface area contributed by atoms with Crippen molar-refractivity contribution >= 4 is 11.8 Å². The lowest BCUT2D eigenvalue weighted by Crippen LogP contribution is -2.40. The Bertz CT molecular complexity index is 164. The van der Waals surface area contributed by atoms with E-state index in [1.807, 2.05) is 0 Å². The second kappa shape index (κ2) is 8.41. The fourth-order valence-corrected chi connectivity index (χ4v) is 3.82. The van der Waals surface area contributed by atoms with Gasteiger partial charge in [-0.15, -0.1) is 0 Å². The molecule has 0 aromatic rings. The molecule has 0 bridgehead atoms. The molecule has 0 saturated carbocycles. The minimum atomic E-state index is 0.771. The normalized spacial score (nSPS) is 23.6. The van der Waals surface area contributed by atoms with Crippen molar-refractivity contribution in [2.75, 3.05) is 12.3 Å². The number of hydrogen-bond acceptors (Lipinski definition) is 2. The number of hydrogen-bond donors (Lipinski definition) is 1. The van der Waals surface area contributed by atoms with E-state index < -0.39 is 0 Å². The van der Waals surface area contributed by atoms with E-state index in [1.54, 1.807) is 0 Å². The molecule has 1 fully saturated rings. The highest BCUT2D eigenvalue weighted by Gasteiger charge is 2.23. The summed E-state index contributed by atoms with van der Waals surface area (Å²) in [4.78, 5) is 0. The van der Waals surface area contributed by atoms with Gasteiger partial charge in [-0.1, -0.05) is 27.2 Å². The molecule has 96 valence electrons. The highest BCUT2D eigenvalue weighted by Crippen LogP contribution is 2.29. The predicted octanol–water partition coefficient (Wildman–Crippen LogP) is 4.08. The Labute approximate surface area is 106 Å². The molecule has 2 atom stereocenters. The third-order valence-electron chi connectivity index (χ3n) is 3.38. The van der Waals surface area contributed by atoms with E-state index in [2.05, 4.69) is 37.8 Å². The first kappa shape index (κ1) is 14.4. The molecular weight excluding hydrogens is 214 g/mol. The second-order valence-corrected chi connectivity index (χ2v) is 6.78. The van der Waals surface area contributed by atoms with Crippen LogP contribution in [0.4, 0.5) is 0 Å². The van der Waals surface area contributed by atoms with Gasteiger partial charge in [0.1, 0.15) is 0 Å². The first-order valence-electron chi connectivity index (χ1n) is 7.09. The van der Waals surface area contributed by atoms with Gasteiger partial charge in [0.15, 0.2) is 0 Å². The predicted molar refractivity (Wildman–Crippen MR) is 76.3 cm³/mol. The summed E-state index contributed by atoms with van der Waals surface area (Å²) in [5.41, 5.74) is 0. The Balaban J connectivity index is 2.34. The van der Waals surface area contributed by atoms with Gasteiger partial charge in [-0.2, -0.15) is 11.8 Å². The molecule has 0 amide bonds. The second-order valence-electron chi connectivity index (χ2n) is 5.44. The van der Waals surface area contributed by atoms with Gasteiger partial charge in [-0.05, 0) is 50.3 Å². The van der Waals surface area contributed by atoms with Crippen LogP contribution in [0.25, 0.3) is 0 Å². The van der Waals surface area contributed by atoms with E-state index in [-0.39, 0.29) is 0 Å². The average molecular weight is 243 g/mol. The summed E-state index contributed by atoms with van der Waals surface area (Å²) in [7, 11) is 0. The van der Waals surface area contributed by atoms with Gasteiger partial charge < -0.3 is 5.32 Å². The van der Waals surface area contributed by atoms with E-state index in [0.717, 1.165) is 17.2 Å². The summed E-state index contributed by atoms with van der Waals surface area (Å²) >= 11 is 2.21. The molecule has 1 rings (SSSR count). The summed E-state index contributed by atoms with van der Waals surface area (Å²) in [5.74, 6) is 2.23. The van der Waals surface area contributed by atoms with Crippen molar-refractivity contribution in [3.05, 3.63) is 0 Å². The molecule has 0 radical (unpaired) electrons. The maximum Gasteiger partial charge on any atom is 0.0201 e. The van der Waals surface area contributed by atoms with Crippen LogP contribution in [0.2, 0.25) is 0 Å². The van der Waals surface area contributed by atoms with Crippen LogP contribution in [0.5, 0.6) is 0 Å². The van der Waals surface area contributed by atoms with Gasteiger partial charge in [0, 0.05) is 11.3 Å². The monoisotopic (exact) mass is 243 g/mol. The minimum absolute atomic E-state index is 0.771. The number of thioether (sulfide) groups is 1. The van der Waals surface area contributed by atoms with Crippen molar-refractivity contribution in [1.82, 2.24) is 5.32 Å². The van der Waals surface area contributed by atoms with Gasteiger partial charge in [-0.25, -0.2) is 0 Å². The van der Waals surface area contributed by atoms with E-state index in [0.29, 0.717) is 0 Å². The summed E-state index contributed by atoms with van der Waals surface area (Å²) < 4.78 is 0. The summed E-state index contributed by atoms with van der Waals surface area (Å²) in [6, 6.07) is 0.771. The van der Waals surface area contributed by atoms with Gasteiger partial charge in [0.2, 0.25) is 0 Å². The lowest BCUT2D eigenvalue weighted by molar-refractivity contribution is 0.403. The van der Waals surface area contributed by atoms with Crippen LogP contribution in [0, 0.1) is 5.92 Å². The largest absolute Gasteiger partial charge is 0.313 e. The van der Waals surface area contributed by atoms with Gasteiger partial charge in [0.05, 0.1) is 0 Å². The maximum atomic E-state index is 3.77. The van der Waals surface area contributed by atoms with Crippen LogP contribution >= 0.6 is 11.8 Å². The Morgan fingerprint density at radius 3 is 2.62 bits per heavy atom. The van der Waals surface area contributed by atoms with Crippen LogP contribution in [-0.2, 0) is 0 Å². The zero-order valence-electron chi connectivity index (χ0n) is 11.3. The molecular formula is C14H29NS. The zero-order chi connectivity index (χ0) is 11.8. The molecule has 1 nitrogen and oxygen atoms in total. The Morgan fingerprint density at radius 1 is 1.25 bits per heavy atom. The molecule has 1 heterocycles. The van der Waals surface area contributed by atoms with Crippen molar-refractivity contribution in [2.24, 2.45) is 5.92 Å². The SMILES string of the molecule is CCCNC(CCC(C)C)C1CCCCS1. The summed E-state index contributed by atoms with van der Waals surface area (Å²) in [5, 5.41) is 4.66. The van der Waals surface area contributed by atoms with Crippen molar-refractivity contribution in [2.45, 2.75) is 70.6 Å². The molecule has 2 unspecified atom stereocenters. The molecule has 0 spiro atoms. The molecule has 16 heavy (non-hydrogen) atoms. The first-order chi connectivity index (χ1) is 7.74. The van der Waals surface area contributed by atoms with Gasteiger partial charge >= 0.3 is 0 Å². The fraction of sp³-hybridized carbons (Fsp3) is 1.00. The maximum absolute atomic E-state index is 3.77. The number of rotatable bonds is 7. The van der Waals surface area contributed by atoms with E-state index >= 15 is 0 Å². The molecule has 1 N–H and O–H groups in total. The van der Waals surface area contributed by atoms with Crippen molar-refractivity contribution in [3.8, 4) is 0 Å². The first-order valence-corrected chi connectivity index (χ1v) is 8.14. The Morgan fingerprint density at radius 2 is 2.06 bits per heavy atom. The Hall–Kier alpha value is 0.310. The minimum Gasteiger partial charge on any atom is -0.313 e. The Kier molecular flexibility index (Phi) is 7.55. The van der Waals surface area contributed by atoms with Crippen molar-refractivity contribution in [1.29, 1.82) is 0 Å². The molecule has 1 aliphatic heterocycles. The average Bonchev–Trinajstić information content (AvgIpc) is 2.30. The molecule has 1 saturated heterocycles. The highest BCUT2D eigenvalue weighted by atomic mass is 32.2. The number of nitrogens with one attached hydrogen (secondary N) is 1. The van der Waals surface area contributed by atoms with Crippen LogP contribution in [-0.4, -0.2) is 23.6 Å². The smallest absolute Gasteiger partial charge is 0.0201 e. The van der Waals surface area contributed by atoms with Crippen molar-refractivity contribution in [3.63, 3.8) is 0 Å². The van der Waals surface area contributed by atoms with Crippen LogP contribution in [0.15, 0.2) is 0 Å². The van der Waals surface area contributed by atoms with Crippen LogP contribution < -0.4 is 5.32 Å². The molecule has 0 aromatic carbocycles. The molecule has 2 heteroatoms. The lowest BCUT2D eigenvalue weighted by atomic mass is 9.98. The van der Waals surface area contributed by atoms with E-state index in [1.165, 1.54) is 50.8 Å². The molecule has 0 aliphatic carbocycles. The fourth-order valence-electron chi connectivity index (χ4n) is 2.34. The van der Waals surface area contributed by atoms with Crippen molar-refractivity contribution < 1.29 is 0 Å². The standard InChI is InChI=1S/C14H29NS/c1-4-10-15-13(9-8-12(2)3)14-7-5-6-11-16-14/h12-15H,4-11H2,1-3H3. The van der Waals surface area contributed by atoms with E-state index in [9.17, 15) is 0 Å². The quantitative estimate of drug-likeness (QED) is 0.723. The van der Waals surface area contributed by atoms with Gasteiger partial charge in [0.25, 0.3) is 0 Å². The third-order valence-corrected chi connectivity index (χ3v) is 4.89. The van der Waals surface area contributed by atoms with Crippen LogP contribution in [0.1, 0.15) is 59.3 Å². The lowest BCUT2D eigenvalue weighted by Gasteiger charge is -2.31. The molecule has 0 aromatic heterocycles. The van der Waals surface area contributed by atoms with Crippen LogP contribution in [0.3, 0.4) is 0 Å². The summed E-state index contributed by atoms with van der Waals surface area (Å²) in [6.45, 7) is 8.14. The summed E-state index contributed by atoms with van der Waals surface area (Å²) in [6.07, 6.45) is 8.32. The highest BCUT2D eigenvalue weighted by molar-refractivity contribution is 8.00. The third kappa shape index (κ3) is 5.58. The molecule has 1 aliphatic rings. The van der Waals surface area contributed by atoms with E-state index in [4.69, 9.17) is 0 Å². The zero-order valence-corrected chi connectivity index (χ0v) is 12.1. The van der Waals surface area contributed by atoms with Gasteiger partial charge in [-0.3, -0.25) is 0 Å².